The molecule has 1 aromatic carbocycles. The first-order valence-electron chi connectivity index (χ1n) is 11.6. The second kappa shape index (κ2) is 11.4. The molecule has 3 rings (SSSR count). The highest BCUT2D eigenvalue weighted by atomic mass is 19.4. The summed E-state index contributed by atoms with van der Waals surface area (Å²) in [4.78, 5) is 17.1. The lowest BCUT2D eigenvalue weighted by molar-refractivity contribution is -0.153. The van der Waals surface area contributed by atoms with E-state index in [1.54, 1.807) is 12.1 Å². The smallest absolute Gasteiger partial charge is 0.422 e. The maximum Gasteiger partial charge on any atom is 0.422 e. The number of likely N-dealkylation sites (tertiary alicyclic amines) is 1. The van der Waals surface area contributed by atoms with Gasteiger partial charge in [-0.3, -0.25) is 9.69 Å². The van der Waals surface area contributed by atoms with Crippen LogP contribution in [0.2, 0.25) is 0 Å². The Morgan fingerprint density at radius 2 is 1.79 bits per heavy atom. The van der Waals surface area contributed by atoms with Crippen molar-refractivity contribution in [3.63, 3.8) is 0 Å². The molecule has 2 aliphatic heterocycles. The van der Waals surface area contributed by atoms with Crippen LogP contribution in [0.25, 0.3) is 0 Å². The molecule has 6 nitrogen and oxygen atoms in total. The lowest BCUT2D eigenvalue weighted by Gasteiger charge is -2.39. The van der Waals surface area contributed by atoms with Crippen LogP contribution >= 0.6 is 0 Å². The van der Waals surface area contributed by atoms with Crippen molar-refractivity contribution in [2.75, 3.05) is 46.4 Å². The van der Waals surface area contributed by atoms with Crippen LogP contribution in [0.4, 0.5) is 13.2 Å². The number of methoxy groups -OCH3 is 1. The van der Waals surface area contributed by atoms with E-state index >= 15 is 0 Å². The van der Waals surface area contributed by atoms with Crippen molar-refractivity contribution in [1.82, 2.24) is 9.80 Å². The summed E-state index contributed by atoms with van der Waals surface area (Å²) in [7, 11) is 1.38. The molecule has 186 valence electrons. The number of ether oxygens (including phenoxy) is 3. The zero-order chi connectivity index (χ0) is 24.0. The topological polar surface area (TPSA) is 51.2 Å². The van der Waals surface area contributed by atoms with Gasteiger partial charge in [-0.2, -0.15) is 13.2 Å². The molecule has 0 spiro atoms. The normalized spacial score (nSPS) is 22.9. The van der Waals surface area contributed by atoms with Gasteiger partial charge in [0.1, 0.15) is 0 Å². The minimum atomic E-state index is -4.41. The van der Waals surface area contributed by atoms with Gasteiger partial charge in [0.2, 0.25) is 5.91 Å². The first-order valence-corrected chi connectivity index (χ1v) is 11.6. The van der Waals surface area contributed by atoms with Crippen LogP contribution in [0.3, 0.4) is 0 Å². The summed E-state index contributed by atoms with van der Waals surface area (Å²) in [5.74, 6) is 0.978. The van der Waals surface area contributed by atoms with Crippen LogP contribution in [0.5, 0.6) is 11.5 Å². The third-order valence-electron chi connectivity index (χ3n) is 6.23. The van der Waals surface area contributed by atoms with Crippen molar-refractivity contribution in [2.45, 2.75) is 57.9 Å². The van der Waals surface area contributed by atoms with E-state index in [9.17, 15) is 18.0 Å². The molecule has 2 aliphatic rings. The fourth-order valence-corrected chi connectivity index (χ4v) is 4.72. The number of nitrogens with zero attached hydrogens (tertiary/aromatic N) is 2. The SMILES string of the molecule is COc1cc(CCC(=O)N2CCC(CN3CC(C)OC(C)C3)CC2)ccc1OCC(F)(F)F. The number of benzene rings is 1. The van der Waals surface area contributed by atoms with Crippen LogP contribution in [-0.2, 0) is 16.0 Å². The van der Waals surface area contributed by atoms with Gasteiger partial charge in [0.05, 0.1) is 19.3 Å². The molecule has 2 heterocycles. The molecule has 2 fully saturated rings. The number of piperidine rings is 1. The Hall–Kier alpha value is -2.00. The lowest BCUT2D eigenvalue weighted by atomic mass is 9.95. The van der Waals surface area contributed by atoms with Gasteiger partial charge in [-0.15, -0.1) is 0 Å². The number of aryl methyl sites for hydroxylation is 1. The van der Waals surface area contributed by atoms with E-state index in [1.807, 2.05) is 4.90 Å². The molecule has 0 N–H and O–H groups in total. The number of halogens is 3. The number of alkyl halides is 3. The average Bonchev–Trinajstić information content (AvgIpc) is 2.75. The largest absolute Gasteiger partial charge is 0.493 e. The highest BCUT2D eigenvalue weighted by Crippen LogP contribution is 2.30. The third kappa shape index (κ3) is 8.07. The van der Waals surface area contributed by atoms with Gasteiger partial charge in [0, 0.05) is 39.1 Å². The van der Waals surface area contributed by atoms with Crippen LogP contribution in [0, 0.1) is 5.92 Å². The van der Waals surface area contributed by atoms with Gasteiger partial charge in [-0.1, -0.05) is 6.07 Å². The molecule has 2 atom stereocenters. The molecule has 1 amide bonds. The monoisotopic (exact) mass is 472 g/mol. The fraction of sp³-hybridized carbons (Fsp3) is 0.708. The average molecular weight is 473 g/mol. The van der Waals surface area contributed by atoms with E-state index < -0.39 is 12.8 Å². The van der Waals surface area contributed by atoms with Gasteiger partial charge in [0.15, 0.2) is 18.1 Å². The molecule has 0 bridgehead atoms. The first kappa shape index (κ1) is 25.6. The number of morpholine rings is 1. The van der Waals surface area contributed by atoms with Gasteiger partial charge >= 0.3 is 6.18 Å². The van der Waals surface area contributed by atoms with Gasteiger partial charge in [0.25, 0.3) is 0 Å². The molecule has 2 unspecified atom stereocenters. The predicted molar refractivity (Wildman–Crippen MR) is 119 cm³/mol. The summed E-state index contributed by atoms with van der Waals surface area (Å²) >= 11 is 0. The zero-order valence-corrected chi connectivity index (χ0v) is 19.7. The third-order valence-corrected chi connectivity index (χ3v) is 6.23. The number of carbonyl (C=O) groups excluding carboxylic acids is 1. The van der Waals surface area contributed by atoms with Crippen molar-refractivity contribution in [3.05, 3.63) is 23.8 Å². The molecule has 0 radical (unpaired) electrons. The zero-order valence-electron chi connectivity index (χ0n) is 19.7. The summed E-state index contributed by atoms with van der Waals surface area (Å²) < 4.78 is 53.0. The van der Waals surface area contributed by atoms with E-state index in [-0.39, 0.29) is 29.6 Å². The molecule has 9 heteroatoms. The Morgan fingerprint density at radius 3 is 2.39 bits per heavy atom. The highest BCUT2D eigenvalue weighted by Gasteiger charge is 2.29. The number of hydrogen-bond acceptors (Lipinski definition) is 5. The summed E-state index contributed by atoms with van der Waals surface area (Å²) in [6, 6.07) is 4.77. The van der Waals surface area contributed by atoms with Gasteiger partial charge < -0.3 is 19.1 Å². The molecule has 0 aromatic heterocycles. The standard InChI is InChI=1S/C24H35F3N2O4/c1-17-13-28(14-18(2)33-17)15-20-8-10-29(11-9-20)23(30)7-5-19-4-6-21(22(12-19)31-3)32-16-24(25,26)27/h4,6,12,17-18,20H,5,7-11,13-16H2,1-3H3. The summed E-state index contributed by atoms with van der Waals surface area (Å²) in [6.45, 7) is 7.38. The van der Waals surface area contributed by atoms with Gasteiger partial charge in [-0.25, -0.2) is 0 Å². The summed E-state index contributed by atoms with van der Waals surface area (Å²) in [5.41, 5.74) is 0.824. The van der Waals surface area contributed by atoms with Gasteiger partial charge in [-0.05, 0) is 56.7 Å². The van der Waals surface area contributed by atoms with Crippen molar-refractivity contribution >= 4 is 5.91 Å². The Balaban J connectivity index is 1.43. The Morgan fingerprint density at radius 1 is 1.12 bits per heavy atom. The van der Waals surface area contributed by atoms with Crippen LogP contribution in [0.1, 0.15) is 38.7 Å². The van der Waals surface area contributed by atoms with Crippen LogP contribution in [-0.4, -0.2) is 80.5 Å². The molecule has 1 aromatic rings. The Kier molecular flexibility index (Phi) is 8.87. The van der Waals surface area contributed by atoms with Crippen molar-refractivity contribution in [3.8, 4) is 11.5 Å². The fourth-order valence-electron chi connectivity index (χ4n) is 4.72. The second-order valence-corrected chi connectivity index (χ2v) is 9.19. The molecule has 0 aliphatic carbocycles. The number of rotatable bonds is 8. The minimum Gasteiger partial charge on any atom is -0.493 e. The Labute approximate surface area is 194 Å². The van der Waals surface area contributed by atoms with E-state index in [1.165, 1.54) is 13.2 Å². The minimum absolute atomic E-state index is 0.0380. The van der Waals surface area contributed by atoms with Crippen molar-refractivity contribution in [1.29, 1.82) is 0 Å². The first-order chi connectivity index (χ1) is 15.6. The van der Waals surface area contributed by atoms with Crippen molar-refractivity contribution < 1.29 is 32.2 Å². The molecular formula is C24H35F3N2O4. The van der Waals surface area contributed by atoms with Crippen molar-refractivity contribution in [2.24, 2.45) is 5.92 Å². The highest BCUT2D eigenvalue weighted by molar-refractivity contribution is 5.76. The molecular weight excluding hydrogens is 437 g/mol. The van der Waals surface area contributed by atoms with Crippen LogP contribution < -0.4 is 9.47 Å². The molecule has 0 saturated carbocycles. The van der Waals surface area contributed by atoms with E-state index in [2.05, 4.69) is 18.7 Å². The van der Waals surface area contributed by atoms with E-state index in [0.29, 0.717) is 18.8 Å². The predicted octanol–water partition coefficient (Wildman–Crippen LogP) is 3.92. The molecule has 33 heavy (non-hydrogen) atoms. The second-order valence-electron chi connectivity index (χ2n) is 9.19. The number of carbonyl (C=O) groups is 1. The van der Waals surface area contributed by atoms with Crippen LogP contribution in [0.15, 0.2) is 18.2 Å². The Bertz CT molecular complexity index is 771. The quantitative estimate of drug-likeness (QED) is 0.574. The summed E-state index contributed by atoms with van der Waals surface area (Å²) in [5, 5.41) is 0. The number of amides is 1. The van der Waals surface area contributed by atoms with E-state index in [0.717, 1.165) is 51.1 Å². The number of hydrogen-bond donors (Lipinski definition) is 0. The maximum absolute atomic E-state index is 12.7. The summed E-state index contributed by atoms with van der Waals surface area (Å²) in [6.07, 6.45) is -1.02. The molecule has 2 saturated heterocycles. The maximum atomic E-state index is 12.7. The van der Waals surface area contributed by atoms with E-state index in [4.69, 9.17) is 14.2 Å². The lowest BCUT2D eigenvalue weighted by Crippen LogP contribution is -2.48.